The fourth-order valence-electron chi connectivity index (χ4n) is 17.9. The minimum absolute atomic E-state index is 0.659. The standard InChI is InChI=1S/2C10H18.C10H20.C9H19N.C9H18.C9H12.C8H15N.C8H17N.C7H15N.C7H14.C5H12/c1-7(2)10-6-8-3-4-9(10)5-8;1-7(2)9-5-3-4-8-6-10(8)9;2*1-9(2)10-7-5-3-4-6-8-10;2*1-8(2)9-6-4-3-5-7-9;1-6(2)9-4-3-7-5-8(7)9;1-8(2)9-6-4-3-5-7-9;1-7(2)8-5-3-4-6-8;1-6(2)5-7-3-4-7;1-4-5(2)3/h2*7-10H,3-6H2,1-2H3;9-10H,3-8H2,1-2H3;9H,3-8H2,1-2H3;8-9H,3-7H2,1-2H3;3-8H,1-2H3;6-8H,3-5H2,1-2H3;8H,3-7H2,1-2H3;7H,3-6H2,1-2H3;6-7H,3-5H2,1-2H3;5H,4H2,1-3H3/t8-,9+,10?;8-,9?,10+;;;;;7-,8+;;;;/m01....0..../s1. The highest BCUT2D eigenvalue weighted by Crippen LogP contribution is 2.55. The molecule has 8 aliphatic carbocycles. The van der Waals surface area contributed by atoms with Crippen LogP contribution in [0.3, 0.4) is 0 Å². The molecule has 8 saturated carbocycles. The average molecular weight is 1340 g/mol. The lowest BCUT2D eigenvalue weighted by Crippen LogP contribution is -2.35. The number of rotatable bonds is 12. The van der Waals surface area contributed by atoms with Crippen LogP contribution in [-0.4, -0.2) is 95.6 Å². The van der Waals surface area contributed by atoms with E-state index in [2.05, 4.69) is 203 Å². The molecule has 13 rings (SSSR count). The summed E-state index contributed by atoms with van der Waals surface area (Å²) in [6, 6.07) is 14.6. The lowest BCUT2D eigenvalue weighted by atomic mass is 9.81. The molecule has 4 aliphatic heterocycles. The summed E-state index contributed by atoms with van der Waals surface area (Å²) < 4.78 is 0. The van der Waals surface area contributed by atoms with Gasteiger partial charge in [-0.15, -0.1) is 0 Å². The predicted molar refractivity (Wildman–Crippen MR) is 433 cm³/mol. The summed E-state index contributed by atoms with van der Waals surface area (Å²) in [4.78, 5) is 10.3. The van der Waals surface area contributed by atoms with Gasteiger partial charge in [-0.1, -0.05) is 263 Å². The van der Waals surface area contributed by atoms with E-state index in [0.717, 1.165) is 119 Å². The van der Waals surface area contributed by atoms with Crippen molar-refractivity contribution < 1.29 is 0 Å². The lowest BCUT2D eigenvalue weighted by molar-refractivity contribution is 0.185. The molecule has 0 aromatic heterocycles. The second-order valence-corrected chi connectivity index (χ2v) is 37.4. The summed E-state index contributed by atoms with van der Waals surface area (Å²) in [7, 11) is 0. The van der Waals surface area contributed by atoms with Crippen molar-refractivity contribution in [2.75, 3.05) is 45.8 Å². The van der Waals surface area contributed by atoms with Gasteiger partial charge in [-0.25, -0.2) is 0 Å². The third kappa shape index (κ3) is 39.6. The molecule has 0 N–H and O–H groups in total. The molecule has 0 radical (unpaired) electrons. The molecule has 0 amide bonds. The first-order valence-electron chi connectivity index (χ1n) is 43.8. The third-order valence-electron chi connectivity index (χ3n) is 25.5. The monoisotopic (exact) mass is 1340 g/mol. The molecule has 4 nitrogen and oxygen atoms in total. The van der Waals surface area contributed by atoms with Gasteiger partial charge in [0.1, 0.15) is 0 Å². The van der Waals surface area contributed by atoms with E-state index in [1.165, 1.54) is 237 Å². The van der Waals surface area contributed by atoms with Gasteiger partial charge in [-0.3, -0.25) is 4.90 Å². The van der Waals surface area contributed by atoms with Gasteiger partial charge in [-0.05, 0) is 297 Å². The van der Waals surface area contributed by atoms with E-state index in [0.29, 0.717) is 5.92 Å². The highest BCUT2D eigenvalue weighted by molar-refractivity contribution is 5.17. The minimum Gasteiger partial charge on any atom is -0.301 e. The predicted octanol–water partition coefficient (Wildman–Crippen LogP) is 27.4. The minimum atomic E-state index is 0.659. The van der Waals surface area contributed by atoms with Crippen molar-refractivity contribution in [3.8, 4) is 0 Å². The number of hydrogen-bond donors (Lipinski definition) is 0. The molecule has 12 aliphatic rings. The van der Waals surface area contributed by atoms with E-state index in [1.807, 2.05) is 6.07 Å². The summed E-state index contributed by atoms with van der Waals surface area (Å²) in [6.45, 7) is 62.4. The number of hydrogen-bond acceptors (Lipinski definition) is 4. The molecule has 0 spiro atoms. The van der Waals surface area contributed by atoms with Crippen LogP contribution in [-0.2, 0) is 0 Å². The van der Waals surface area contributed by atoms with Crippen molar-refractivity contribution in [3.63, 3.8) is 0 Å². The zero-order valence-electron chi connectivity index (χ0n) is 69.9. The van der Waals surface area contributed by atoms with E-state index >= 15 is 0 Å². The molecular weight excluding hydrogens is 1160 g/mol. The van der Waals surface area contributed by atoms with Crippen LogP contribution in [0.2, 0.25) is 0 Å². The van der Waals surface area contributed by atoms with Crippen molar-refractivity contribution in [2.24, 2.45) is 94.7 Å². The van der Waals surface area contributed by atoms with Gasteiger partial charge >= 0.3 is 0 Å². The second kappa shape index (κ2) is 51.3. The molecule has 2 unspecified atom stereocenters. The number of fused-ring (bicyclic) bond motifs is 4. The van der Waals surface area contributed by atoms with Crippen LogP contribution in [0, 0.1) is 94.7 Å². The van der Waals surface area contributed by atoms with Gasteiger partial charge in [-0.2, -0.15) is 0 Å². The van der Waals surface area contributed by atoms with Gasteiger partial charge in [0.05, 0.1) is 0 Å². The van der Waals surface area contributed by atoms with E-state index in [1.54, 1.807) is 38.5 Å². The van der Waals surface area contributed by atoms with Gasteiger partial charge in [0.2, 0.25) is 0 Å². The number of piperidine rings is 2. The Labute approximate surface area is 606 Å². The highest BCUT2D eigenvalue weighted by Gasteiger charge is 2.47. The number of likely N-dealkylation sites (tertiary alicyclic amines) is 4. The molecule has 566 valence electrons. The maximum Gasteiger partial charge on any atom is 0.0130 e. The smallest absolute Gasteiger partial charge is 0.0130 e. The van der Waals surface area contributed by atoms with Crippen LogP contribution < -0.4 is 0 Å². The number of benzene rings is 1. The van der Waals surface area contributed by atoms with Gasteiger partial charge in [0, 0.05) is 30.2 Å². The van der Waals surface area contributed by atoms with Crippen molar-refractivity contribution in [1.29, 1.82) is 0 Å². The van der Waals surface area contributed by atoms with E-state index in [-0.39, 0.29) is 0 Å². The lowest BCUT2D eigenvalue weighted by Gasteiger charge is -2.29. The molecule has 12 fully saturated rings. The first-order valence-corrected chi connectivity index (χ1v) is 43.8. The Morgan fingerprint density at radius 1 is 0.333 bits per heavy atom. The Kier molecular flexibility index (Phi) is 47.7. The summed E-state index contributed by atoms with van der Waals surface area (Å²) in [5, 5.41) is 0. The Hall–Kier alpha value is -0.940. The zero-order chi connectivity index (χ0) is 71.1. The molecule has 8 atom stereocenters. The topological polar surface area (TPSA) is 13.0 Å². The van der Waals surface area contributed by atoms with Crippen LogP contribution in [0.4, 0.5) is 0 Å². The van der Waals surface area contributed by atoms with Crippen molar-refractivity contribution >= 4 is 0 Å². The van der Waals surface area contributed by atoms with Crippen LogP contribution >= 0.6 is 0 Å². The van der Waals surface area contributed by atoms with Crippen LogP contribution in [0.5, 0.6) is 0 Å². The van der Waals surface area contributed by atoms with Crippen molar-refractivity contribution in [1.82, 2.24) is 19.6 Å². The van der Waals surface area contributed by atoms with Crippen LogP contribution in [0.15, 0.2) is 30.3 Å². The highest BCUT2D eigenvalue weighted by atomic mass is 15.2. The SMILES string of the molecule is CC(C)C1CCCCC1.CC(C)C1CCCCCC1.CC(C)C1CCC[C@@H]2C[C@H]12.CC(C)C1C[C@H]2CC[C@@H]1C2.CC(C)CC1CC1.CC(C)N1CCCC1.CC(C)N1CCCCC1.CC(C)N1CCCCCC1.CC(C)N1CC[C@H]2C[C@H]21.CC(C)c1ccccc1.CCC(C)C. The maximum atomic E-state index is 2.64. The number of nitrogens with zero attached hydrogens (tertiary/aromatic N) is 4. The quantitative estimate of drug-likeness (QED) is 0.193. The molecule has 96 heavy (non-hydrogen) atoms. The van der Waals surface area contributed by atoms with E-state index < -0.39 is 0 Å². The molecule has 1 aromatic carbocycles. The fourth-order valence-corrected chi connectivity index (χ4v) is 17.9. The van der Waals surface area contributed by atoms with Crippen molar-refractivity contribution in [3.05, 3.63) is 35.9 Å². The Morgan fingerprint density at radius 3 is 1.03 bits per heavy atom. The van der Waals surface area contributed by atoms with Gasteiger partial charge < -0.3 is 14.7 Å². The van der Waals surface area contributed by atoms with Crippen LogP contribution in [0.1, 0.15) is 389 Å². The molecular formula is C92H178N4. The Morgan fingerprint density at radius 2 is 0.760 bits per heavy atom. The summed E-state index contributed by atoms with van der Waals surface area (Å²) in [5.41, 5.74) is 1.41. The first-order chi connectivity index (χ1) is 45.7. The third-order valence-corrected chi connectivity index (χ3v) is 25.5. The Balaban J connectivity index is 0.000000276. The molecule has 4 heteroatoms. The molecule has 2 bridgehead atoms. The molecule has 4 saturated heterocycles. The van der Waals surface area contributed by atoms with Crippen LogP contribution in [0.25, 0.3) is 0 Å². The summed E-state index contributed by atoms with van der Waals surface area (Å²) in [5.74, 6) is 17.4. The molecule has 4 heterocycles. The Bertz CT molecular complexity index is 1840. The van der Waals surface area contributed by atoms with E-state index in [4.69, 9.17) is 0 Å². The first kappa shape index (κ1) is 89.3. The second-order valence-electron chi connectivity index (χ2n) is 37.4. The summed E-state index contributed by atoms with van der Waals surface area (Å²) in [6.07, 6.45) is 50.4. The van der Waals surface area contributed by atoms with Crippen molar-refractivity contribution in [2.45, 2.75) is 414 Å². The normalized spacial score (nSPS) is 27.4. The molecule has 1 aromatic rings. The summed E-state index contributed by atoms with van der Waals surface area (Å²) >= 11 is 0. The fraction of sp³-hybridized carbons (Fsp3) is 0.935. The van der Waals surface area contributed by atoms with Gasteiger partial charge in [0.15, 0.2) is 0 Å². The zero-order valence-corrected chi connectivity index (χ0v) is 69.9. The van der Waals surface area contributed by atoms with E-state index in [9.17, 15) is 0 Å². The average Bonchev–Trinajstić information content (AvgIpc) is 1.64. The largest absolute Gasteiger partial charge is 0.301 e. The maximum absolute atomic E-state index is 2.64. The van der Waals surface area contributed by atoms with Gasteiger partial charge in [0.25, 0.3) is 0 Å².